The van der Waals surface area contributed by atoms with Gasteiger partial charge in [-0.15, -0.1) is 11.3 Å². The molecule has 1 aromatic heterocycles. The molecule has 1 aromatic carbocycles. The number of amides is 2. The summed E-state index contributed by atoms with van der Waals surface area (Å²) in [6.07, 6.45) is 2.10. The smallest absolute Gasteiger partial charge is 0.256 e. The van der Waals surface area contributed by atoms with Crippen molar-refractivity contribution in [2.24, 2.45) is 0 Å². The fraction of sp³-hybridized carbons (Fsp3) is 0.450. The van der Waals surface area contributed by atoms with E-state index in [1.807, 2.05) is 5.38 Å². The van der Waals surface area contributed by atoms with Gasteiger partial charge in [-0.2, -0.15) is 0 Å². The van der Waals surface area contributed by atoms with Gasteiger partial charge in [0.2, 0.25) is 5.91 Å². The largest absolute Gasteiger partial charge is 0.336 e. The highest BCUT2D eigenvalue weighted by atomic mass is 32.1. The van der Waals surface area contributed by atoms with E-state index in [1.165, 1.54) is 23.5 Å². The summed E-state index contributed by atoms with van der Waals surface area (Å²) in [5.74, 6) is -0.686. The number of nitrogens with zero attached hydrogens (tertiary/aromatic N) is 4. The first-order valence-corrected chi connectivity index (χ1v) is 10.4. The zero-order chi connectivity index (χ0) is 19.7. The van der Waals surface area contributed by atoms with Gasteiger partial charge in [0.05, 0.1) is 11.3 Å². The lowest BCUT2D eigenvalue weighted by molar-refractivity contribution is -0.116. The molecule has 0 unspecified atom stereocenters. The summed E-state index contributed by atoms with van der Waals surface area (Å²) in [4.78, 5) is 34.8. The molecule has 0 bridgehead atoms. The molecule has 28 heavy (non-hydrogen) atoms. The fourth-order valence-electron chi connectivity index (χ4n) is 3.50. The summed E-state index contributed by atoms with van der Waals surface area (Å²) >= 11 is 1.51. The van der Waals surface area contributed by atoms with E-state index >= 15 is 0 Å². The fourth-order valence-corrected chi connectivity index (χ4v) is 4.43. The molecule has 2 heterocycles. The molecule has 1 aliphatic heterocycles. The second-order valence-electron chi connectivity index (χ2n) is 7.29. The highest BCUT2D eigenvalue weighted by molar-refractivity contribution is 7.14. The Bertz CT molecular complexity index is 875. The number of anilines is 1. The van der Waals surface area contributed by atoms with Crippen molar-refractivity contribution in [3.63, 3.8) is 0 Å². The van der Waals surface area contributed by atoms with Crippen LogP contribution in [0.25, 0.3) is 0 Å². The molecule has 6 nitrogen and oxygen atoms in total. The van der Waals surface area contributed by atoms with Gasteiger partial charge in [-0.25, -0.2) is 9.37 Å². The van der Waals surface area contributed by atoms with Gasteiger partial charge in [-0.3, -0.25) is 19.4 Å². The zero-order valence-electron chi connectivity index (χ0n) is 15.8. The number of hydrogen-bond donors (Lipinski definition) is 0. The Labute approximate surface area is 167 Å². The summed E-state index contributed by atoms with van der Waals surface area (Å²) in [5, 5.41) is 2.78. The van der Waals surface area contributed by atoms with E-state index in [2.05, 4.69) is 9.88 Å². The third-order valence-corrected chi connectivity index (χ3v) is 6.04. The highest BCUT2D eigenvalue weighted by Gasteiger charge is 2.34. The Morgan fingerprint density at radius 2 is 1.93 bits per heavy atom. The van der Waals surface area contributed by atoms with Crippen LogP contribution in [0.1, 0.15) is 35.8 Å². The van der Waals surface area contributed by atoms with Crippen LogP contribution in [0.2, 0.25) is 0 Å². The predicted octanol–water partition coefficient (Wildman–Crippen LogP) is 2.76. The lowest BCUT2D eigenvalue weighted by atomic mass is 10.1. The SMILES string of the molecule is CC(=O)N(c1nc(CN2CCN(C(=O)c3ccccc3F)CC2)cs1)C1CC1. The van der Waals surface area contributed by atoms with Crippen molar-refractivity contribution in [2.75, 3.05) is 31.1 Å². The Kier molecular flexibility index (Phi) is 5.41. The van der Waals surface area contributed by atoms with Gasteiger partial charge < -0.3 is 4.90 Å². The first kappa shape index (κ1) is 19.0. The number of carbonyl (C=O) groups excluding carboxylic acids is 2. The predicted molar refractivity (Wildman–Crippen MR) is 106 cm³/mol. The minimum Gasteiger partial charge on any atom is -0.336 e. The van der Waals surface area contributed by atoms with Crippen LogP contribution in [0, 0.1) is 5.82 Å². The van der Waals surface area contributed by atoms with Crippen molar-refractivity contribution in [3.8, 4) is 0 Å². The standard InChI is InChI=1S/C20H23FN4O2S/c1-14(26)25(16-6-7-16)20-22-15(13-28-20)12-23-8-10-24(11-9-23)19(27)17-4-2-3-5-18(17)21/h2-5,13,16H,6-12H2,1H3. The van der Waals surface area contributed by atoms with E-state index < -0.39 is 5.82 Å². The van der Waals surface area contributed by atoms with E-state index in [4.69, 9.17) is 0 Å². The van der Waals surface area contributed by atoms with Crippen molar-refractivity contribution >= 4 is 28.3 Å². The number of thiazole rings is 1. The van der Waals surface area contributed by atoms with Crippen molar-refractivity contribution < 1.29 is 14.0 Å². The number of piperazine rings is 1. The Morgan fingerprint density at radius 1 is 1.21 bits per heavy atom. The molecule has 0 radical (unpaired) electrons. The van der Waals surface area contributed by atoms with Crippen molar-refractivity contribution in [2.45, 2.75) is 32.4 Å². The number of aromatic nitrogens is 1. The average Bonchev–Trinajstić information content (AvgIpc) is 3.41. The molecule has 0 N–H and O–H groups in total. The third kappa shape index (κ3) is 4.07. The van der Waals surface area contributed by atoms with Gasteiger partial charge >= 0.3 is 0 Å². The van der Waals surface area contributed by atoms with Gasteiger partial charge in [0.25, 0.3) is 5.91 Å². The van der Waals surface area contributed by atoms with E-state index in [0.29, 0.717) is 38.8 Å². The number of rotatable bonds is 5. The first-order chi connectivity index (χ1) is 13.5. The molecule has 0 atom stereocenters. The molecule has 1 saturated carbocycles. The van der Waals surface area contributed by atoms with Crippen LogP contribution < -0.4 is 4.90 Å². The number of benzene rings is 1. The summed E-state index contributed by atoms with van der Waals surface area (Å²) in [6.45, 7) is 4.83. The van der Waals surface area contributed by atoms with E-state index in [-0.39, 0.29) is 17.4 Å². The maximum atomic E-state index is 13.9. The molecule has 2 amide bonds. The van der Waals surface area contributed by atoms with Crippen molar-refractivity contribution in [1.82, 2.24) is 14.8 Å². The summed E-state index contributed by atoms with van der Waals surface area (Å²) in [6, 6.07) is 6.42. The minimum absolute atomic E-state index is 0.0451. The molecule has 2 aromatic rings. The lowest BCUT2D eigenvalue weighted by Gasteiger charge is -2.34. The van der Waals surface area contributed by atoms with Crippen LogP contribution in [0.3, 0.4) is 0 Å². The van der Waals surface area contributed by atoms with Crippen LogP contribution in [-0.4, -0.2) is 58.8 Å². The second kappa shape index (κ2) is 7.97. The van der Waals surface area contributed by atoms with Gasteiger partial charge in [0, 0.05) is 51.1 Å². The molecule has 2 fully saturated rings. The Hall–Kier alpha value is -2.32. The summed E-state index contributed by atoms with van der Waals surface area (Å²) in [5.41, 5.74) is 1.07. The highest BCUT2D eigenvalue weighted by Crippen LogP contribution is 2.33. The Balaban J connectivity index is 1.33. The van der Waals surface area contributed by atoms with Gasteiger partial charge in [0.15, 0.2) is 5.13 Å². The topological polar surface area (TPSA) is 56.8 Å². The first-order valence-electron chi connectivity index (χ1n) is 9.53. The summed E-state index contributed by atoms with van der Waals surface area (Å²) in [7, 11) is 0. The van der Waals surface area contributed by atoms with Crippen molar-refractivity contribution in [3.05, 3.63) is 46.7 Å². The molecule has 8 heteroatoms. The quantitative estimate of drug-likeness (QED) is 0.772. The van der Waals surface area contributed by atoms with Gasteiger partial charge in [-0.05, 0) is 25.0 Å². The minimum atomic E-state index is -0.476. The molecular formula is C20H23FN4O2S. The zero-order valence-corrected chi connectivity index (χ0v) is 16.6. The normalized spacial score (nSPS) is 17.6. The molecule has 0 spiro atoms. The number of hydrogen-bond acceptors (Lipinski definition) is 5. The molecule has 1 saturated heterocycles. The lowest BCUT2D eigenvalue weighted by Crippen LogP contribution is -2.48. The molecule has 4 rings (SSSR count). The Morgan fingerprint density at radius 3 is 2.57 bits per heavy atom. The third-order valence-electron chi connectivity index (χ3n) is 5.15. The van der Waals surface area contributed by atoms with Gasteiger partial charge in [0.1, 0.15) is 5.82 Å². The maximum Gasteiger partial charge on any atom is 0.256 e. The summed E-state index contributed by atoms with van der Waals surface area (Å²) < 4.78 is 13.9. The maximum absolute atomic E-state index is 13.9. The van der Waals surface area contributed by atoms with Crippen LogP contribution in [0.4, 0.5) is 9.52 Å². The molecule has 1 aliphatic carbocycles. The monoisotopic (exact) mass is 402 g/mol. The van der Waals surface area contributed by atoms with E-state index in [0.717, 1.165) is 23.7 Å². The van der Waals surface area contributed by atoms with Crippen LogP contribution in [0.15, 0.2) is 29.6 Å². The van der Waals surface area contributed by atoms with Crippen molar-refractivity contribution in [1.29, 1.82) is 0 Å². The van der Waals surface area contributed by atoms with E-state index in [9.17, 15) is 14.0 Å². The molecule has 2 aliphatic rings. The molecular weight excluding hydrogens is 379 g/mol. The van der Waals surface area contributed by atoms with Crippen LogP contribution >= 0.6 is 11.3 Å². The molecule has 148 valence electrons. The van der Waals surface area contributed by atoms with Gasteiger partial charge in [-0.1, -0.05) is 12.1 Å². The second-order valence-corrected chi connectivity index (χ2v) is 8.13. The number of halogens is 1. The van der Waals surface area contributed by atoms with Crippen LogP contribution in [-0.2, 0) is 11.3 Å². The van der Waals surface area contributed by atoms with E-state index in [1.54, 1.807) is 28.9 Å². The van der Waals surface area contributed by atoms with Crippen LogP contribution in [0.5, 0.6) is 0 Å². The number of carbonyl (C=O) groups is 2. The average molecular weight is 402 g/mol.